The van der Waals surface area contributed by atoms with Crippen molar-refractivity contribution < 1.29 is 92.5 Å². The van der Waals surface area contributed by atoms with Gasteiger partial charge in [0.25, 0.3) is 0 Å². The molecule has 2 aliphatic rings. The number of ether oxygens (including phenoxy) is 4. The van der Waals surface area contributed by atoms with E-state index in [1.165, 1.54) is 135 Å². The van der Waals surface area contributed by atoms with Crippen LogP contribution in [0.1, 0.15) is 357 Å². The zero-order valence-electron chi connectivity index (χ0n) is 63.6. The van der Waals surface area contributed by atoms with E-state index < -0.39 is 131 Å². The van der Waals surface area contributed by atoms with Gasteiger partial charge in [0.2, 0.25) is 17.7 Å². The first kappa shape index (κ1) is 93.7. The number of hydroxylamine groups is 1. The van der Waals surface area contributed by atoms with Gasteiger partial charge >= 0.3 is 13.8 Å². The van der Waals surface area contributed by atoms with Crippen LogP contribution in [-0.4, -0.2) is 157 Å². The molecule has 2 rings (SSSR count). The van der Waals surface area contributed by atoms with Gasteiger partial charge in [-0.3, -0.25) is 28.5 Å². The Balaban J connectivity index is 2.30. The molecule has 11 N–H and O–H groups in total. The highest BCUT2D eigenvalue weighted by Gasteiger charge is 2.51. The number of phosphoric acid groups is 1. The fourth-order valence-corrected chi connectivity index (χ4v) is 14.0. The molecule has 2 aliphatic heterocycles. The van der Waals surface area contributed by atoms with Crippen LogP contribution >= 0.6 is 7.82 Å². The van der Waals surface area contributed by atoms with E-state index in [4.69, 9.17) is 28.3 Å². The Kier molecular flexibility index (Phi) is 55.0. The maximum absolute atomic E-state index is 14.5. The summed E-state index contributed by atoms with van der Waals surface area (Å²) in [6.07, 6.45) is 27.7. The van der Waals surface area contributed by atoms with Crippen molar-refractivity contribution in [3.63, 3.8) is 0 Å². The summed E-state index contributed by atoms with van der Waals surface area (Å²) in [5, 5.41) is 72.4. The van der Waals surface area contributed by atoms with Crippen LogP contribution in [0, 0.1) is 17.8 Å². The molecule has 0 saturated carbocycles. The first-order valence-electron chi connectivity index (χ1n) is 40.3. The minimum absolute atomic E-state index is 0.177. The maximum atomic E-state index is 14.5. The van der Waals surface area contributed by atoms with Crippen LogP contribution in [0.3, 0.4) is 0 Å². The number of hydrogen-bond donors (Lipinski definition) is 11. The number of unbranched alkanes of at least 4 members (excludes halogenated alkanes) is 34. The van der Waals surface area contributed by atoms with Crippen LogP contribution in [0.2, 0.25) is 0 Å². The van der Waals surface area contributed by atoms with Gasteiger partial charge in [0.15, 0.2) is 12.6 Å². The van der Waals surface area contributed by atoms with E-state index in [0.717, 1.165) is 109 Å². The summed E-state index contributed by atoms with van der Waals surface area (Å²) in [5.74, 6) is -0.593. The Hall–Kier alpha value is -2.41. The van der Waals surface area contributed by atoms with Gasteiger partial charge in [-0.05, 0) is 49.9 Å². The van der Waals surface area contributed by atoms with Crippen molar-refractivity contribution in [2.24, 2.45) is 17.8 Å². The monoisotopic (exact) mass is 1450 g/mol. The molecule has 0 aliphatic carbocycles. The molecular weight excluding hydrogens is 1300 g/mol. The molecule has 0 spiro atoms. The molecule has 590 valence electrons. The zero-order valence-corrected chi connectivity index (χ0v) is 64.5. The van der Waals surface area contributed by atoms with E-state index in [9.17, 15) is 64.2 Å². The highest BCUT2D eigenvalue weighted by atomic mass is 31.2. The first-order chi connectivity index (χ1) is 47.9. The Morgan fingerprint density at radius 1 is 0.440 bits per heavy atom. The lowest BCUT2D eigenvalue weighted by molar-refractivity contribution is -0.303. The minimum atomic E-state index is -5.44. The summed E-state index contributed by atoms with van der Waals surface area (Å²) in [5.41, 5.74) is 2.30. The van der Waals surface area contributed by atoms with Crippen LogP contribution in [0.25, 0.3) is 0 Å². The molecule has 100 heavy (non-hydrogen) atoms. The Labute approximate surface area is 604 Å². The fraction of sp³-hybridized carbons (Fsp3) is 0.948. The number of carbonyl (C=O) groups is 4. The van der Waals surface area contributed by atoms with E-state index >= 15 is 0 Å². The summed E-state index contributed by atoms with van der Waals surface area (Å²) >= 11 is 0. The summed E-state index contributed by atoms with van der Waals surface area (Å²) in [4.78, 5) is 80.8. The number of hydrogen-bond acceptors (Lipinski definition) is 17. The molecule has 2 saturated heterocycles. The Morgan fingerprint density at radius 3 is 1.23 bits per heavy atom. The molecule has 13 atom stereocenters. The molecule has 0 radical (unpaired) electrons. The number of aliphatic hydroxyl groups excluding tert-OH is 6. The van der Waals surface area contributed by atoms with Crippen LogP contribution < -0.4 is 16.1 Å². The van der Waals surface area contributed by atoms with Crippen LogP contribution in [0.15, 0.2) is 0 Å². The van der Waals surface area contributed by atoms with Gasteiger partial charge in [0.1, 0.15) is 54.8 Å². The highest BCUT2D eigenvalue weighted by molar-refractivity contribution is 7.46. The molecule has 3 amide bonds. The summed E-state index contributed by atoms with van der Waals surface area (Å²) in [6, 6.07) is -3.33. The molecule has 0 aromatic rings. The molecule has 23 heteroatoms. The number of phosphoric ester groups is 1. The van der Waals surface area contributed by atoms with Crippen LogP contribution in [-0.2, 0) is 52.1 Å². The Bertz CT molecular complexity index is 2080. The molecule has 22 nitrogen and oxygen atoms in total. The summed E-state index contributed by atoms with van der Waals surface area (Å²) in [7, 11) is -5.44. The molecule has 2 heterocycles. The van der Waals surface area contributed by atoms with E-state index in [2.05, 4.69) is 64.6 Å². The van der Waals surface area contributed by atoms with Crippen molar-refractivity contribution >= 4 is 31.5 Å². The van der Waals surface area contributed by atoms with E-state index in [1.807, 2.05) is 0 Å². The topological polar surface area (TPSA) is 339 Å². The smallest absolute Gasteiger partial charge is 0.462 e. The standard InChI is InChI=1S/C77H148N3O19P/c1-8-9-10-11-12-13-14-15-16-23-31-38-45-52-69(87)95-63(51-44-37-30-22-18-20-26-33-40-47-59(4)5)55-67(85)79-71-75(98-80-68(86)54-62(83)50-43-36-29-24-27-34-41-48-60(6)7)73(89)64(56-81)96-76(71)94-57-65-72(88)74(90)70(77(97-65)99-100(91,92)93)78-66(84)53-61(82)49-42-35-28-21-17-19-25-32-39-46-58(2)3/h58-65,70-77,81-83,88-90H,8-57H2,1-7H3,(H,78,84)(H,79,85)(H,80,86)(H2,91,92,93)/t61-,62-,63-,64-,65-,70-,71-,72-,73-,74-,75-,76-,77-/m1/s1. The lowest BCUT2D eigenvalue weighted by Crippen LogP contribution is -2.67. The van der Waals surface area contributed by atoms with Crippen molar-refractivity contribution in [3.05, 3.63) is 0 Å². The van der Waals surface area contributed by atoms with Gasteiger partial charge in [-0.2, -0.15) is 0 Å². The van der Waals surface area contributed by atoms with Crippen molar-refractivity contribution in [2.45, 2.75) is 436 Å². The predicted molar refractivity (Wildman–Crippen MR) is 392 cm³/mol. The fourth-order valence-electron chi connectivity index (χ4n) is 13.5. The molecule has 0 bridgehead atoms. The summed E-state index contributed by atoms with van der Waals surface area (Å²) in [6.45, 7) is 14.0. The average molecular weight is 1450 g/mol. The molecule has 0 aromatic heterocycles. The third-order valence-corrected chi connectivity index (χ3v) is 20.1. The number of nitrogens with one attached hydrogen (secondary N) is 3. The van der Waals surface area contributed by atoms with Gasteiger partial charge in [0.05, 0.1) is 44.7 Å². The molecule has 0 aromatic carbocycles. The van der Waals surface area contributed by atoms with Crippen LogP contribution in [0.5, 0.6) is 0 Å². The van der Waals surface area contributed by atoms with Gasteiger partial charge in [-0.1, -0.05) is 299 Å². The normalized spacial score (nSPS) is 22.1. The van der Waals surface area contributed by atoms with Crippen molar-refractivity contribution in [1.29, 1.82) is 0 Å². The van der Waals surface area contributed by atoms with Gasteiger partial charge in [-0.25, -0.2) is 10.0 Å². The lowest BCUT2D eigenvalue weighted by atomic mass is 9.95. The second-order valence-electron chi connectivity index (χ2n) is 30.7. The van der Waals surface area contributed by atoms with Crippen LogP contribution in [0.4, 0.5) is 0 Å². The van der Waals surface area contributed by atoms with Crippen molar-refractivity contribution in [1.82, 2.24) is 16.1 Å². The van der Waals surface area contributed by atoms with Crippen molar-refractivity contribution in [2.75, 3.05) is 13.2 Å². The highest BCUT2D eigenvalue weighted by Crippen LogP contribution is 2.41. The van der Waals surface area contributed by atoms with Gasteiger partial charge in [0, 0.05) is 6.42 Å². The minimum Gasteiger partial charge on any atom is -0.462 e. The average Bonchev–Trinajstić information content (AvgIpc) is 0.795. The van der Waals surface area contributed by atoms with Gasteiger partial charge in [-0.15, -0.1) is 0 Å². The molecule has 0 unspecified atom stereocenters. The second kappa shape index (κ2) is 58.7. The number of carbonyl (C=O) groups excluding carboxylic acids is 4. The van der Waals surface area contributed by atoms with E-state index in [-0.39, 0.29) is 19.3 Å². The number of rotatable bonds is 65. The first-order valence-corrected chi connectivity index (χ1v) is 41.9. The SMILES string of the molecule is CCCCCCCCCCCCCCCC(=O)O[C@H](CCCCCCCCCCCC(C)C)CC(=O)N[C@H]1[C@H](OC[C@H]2O[C@H](OP(=O)(O)O)[C@H](NC(=O)C[C@H](O)CCCCCCCCCCCC(C)C)[C@@H](O)[C@@H]2O)O[C@H](CO)[C@@H](O)[C@@H]1ONC(=O)C[C@H](O)CCCCCCCCCC(C)C. The molecular formula is C77H148N3O19P. The van der Waals surface area contributed by atoms with Crippen molar-refractivity contribution in [3.8, 4) is 0 Å². The largest absolute Gasteiger partial charge is 0.472 e. The second-order valence-corrected chi connectivity index (χ2v) is 31.9. The number of esters is 1. The third kappa shape index (κ3) is 47.9. The van der Waals surface area contributed by atoms with E-state index in [1.54, 1.807) is 0 Å². The maximum Gasteiger partial charge on any atom is 0.472 e. The zero-order chi connectivity index (χ0) is 73.8. The van der Waals surface area contributed by atoms with Gasteiger partial charge < -0.3 is 70.0 Å². The third-order valence-electron chi connectivity index (χ3n) is 19.7. The molecule has 2 fully saturated rings. The Morgan fingerprint density at radius 2 is 0.810 bits per heavy atom. The van der Waals surface area contributed by atoms with E-state index in [0.29, 0.717) is 56.8 Å². The number of aliphatic hydroxyl groups is 6. The lowest BCUT2D eigenvalue weighted by Gasteiger charge is -2.45. The predicted octanol–water partition coefficient (Wildman–Crippen LogP) is 14.4. The quantitative estimate of drug-likeness (QED) is 0.0117. The summed E-state index contributed by atoms with van der Waals surface area (Å²) < 4.78 is 41.4. The number of amides is 3.